The van der Waals surface area contributed by atoms with Crippen LogP contribution >= 0.6 is 0 Å². The van der Waals surface area contributed by atoms with Gasteiger partial charge < -0.3 is 10.6 Å². The number of amides is 1. The Balaban J connectivity index is 1.79. The highest BCUT2D eigenvalue weighted by molar-refractivity contribution is 5.82. The normalized spacial score (nSPS) is 37.4. The van der Waals surface area contributed by atoms with Crippen LogP contribution in [0.1, 0.15) is 39.0 Å². The fourth-order valence-electron chi connectivity index (χ4n) is 2.33. The van der Waals surface area contributed by atoms with Crippen LogP contribution in [0.3, 0.4) is 0 Å². The number of hydrogen-bond acceptors (Lipinski definition) is 2. The largest absolute Gasteiger partial charge is 0.352 e. The van der Waals surface area contributed by atoms with Crippen molar-refractivity contribution in [3.05, 3.63) is 0 Å². The summed E-state index contributed by atoms with van der Waals surface area (Å²) in [5.41, 5.74) is 0. The average molecular weight is 196 g/mol. The highest BCUT2D eigenvalue weighted by atomic mass is 16.2. The molecule has 1 aliphatic heterocycles. The second kappa shape index (κ2) is 4.30. The summed E-state index contributed by atoms with van der Waals surface area (Å²) >= 11 is 0. The molecule has 1 heterocycles. The van der Waals surface area contributed by atoms with Gasteiger partial charge in [-0.25, -0.2) is 0 Å². The number of carbonyl (C=O) groups excluding carboxylic acids is 1. The Labute approximate surface area is 85.6 Å². The van der Waals surface area contributed by atoms with Crippen LogP contribution in [0.4, 0.5) is 0 Å². The van der Waals surface area contributed by atoms with Gasteiger partial charge in [-0.1, -0.05) is 19.8 Å². The molecule has 2 fully saturated rings. The van der Waals surface area contributed by atoms with Crippen LogP contribution in [-0.4, -0.2) is 24.5 Å². The Morgan fingerprint density at radius 1 is 1.29 bits per heavy atom. The summed E-state index contributed by atoms with van der Waals surface area (Å²) < 4.78 is 0. The molecular formula is C11H20N2O. The number of carbonyl (C=O) groups is 1. The van der Waals surface area contributed by atoms with E-state index >= 15 is 0 Å². The Hall–Kier alpha value is -0.570. The molecule has 2 rings (SSSR count). The molecule has 1 amide bonds. The molecule has 14 heavy (non-hydrogen) atoms. The van der Waals surface area contributed by atoms with Gasteiger partial charge in [0.25, 0.3) is 0 Å². The summed E-state index contributed by atoms with van der Waals surface area (Å²) in [6, 6.07) is 0.530. The fourth-order valence-corrected chi connectivity index (χ4v) is 2.33. The molecule has 0 aromatic rings. The molecule has 2 aliphatic rings. The third-order valence-electron chi connectivity index (χ3n) is 3.58. The Morgan fingerprint density at radius 2 is 2.00 bits per heavy atom. The number of rotatable bonds is 2. The molecule has 80 valence electrons. The minimum Gasteiger partial charge on any atom is -0.352 e. The van der Waals surface area contributed by atoms with Crippen molar-refractivity contribution in [2.45, 2.75) is 51.1 Å². The Morgan fingerprint density at radius 3 is 2.57 bits per heavy atom. The Bertz CT molecular complexity index is 213. The van der Waals surface area contributed by atoms with Gasteiger partial charge in [0.2, 0.25) is 5.91 Å². The molecule has 1 aliphatic carbocycles. The van der Waals surface area contributed by atoms with Crippen LogP contribution in [0.5, 0.6) is 0 Å². The molecule has 0 bridgehead atoms. The second-order valence-corrected chi connectivity index (χ2v) is 4.67. The van der Waals surface area contributed by atoms with E-state index in [2.05, 4.69) is 17.6 Å². The molecular weight excluding hydrogens is 176 g/mol. The van der Waals surface area contributed by atoms with Gasteiger partial charge in [0.15, 0.2) is 0 Å². The Kier molecular flexibility index (Phi) is 3.06. The van der Waals surface area contributed by atoms with E-state index in [0.29, 0.717) is 12.0 Å². The maximum absolute atomic E-state index is 11.7. The first-order chi connectivity index (χ1) is 6.77. The lowest BCUT2D eigenvalue weighted by Crippen LogP contribution is -2.56. The summed E-state index contributed by atoms with van der Waals surface area (Å²) in [4.78, 5) is 11.7. The van der Waals surface area contributed by atoms with Crippen LogP contribution in [0.2, 0.25) is 0 Å². The summed E-state index contributed by atoms with van der Waals surface area (Å²) in [7, 11) is 0. The maximum atomic E-state index is 11.7. The zero-order valence-electron chi connectivity index (χ0n) is 8.88. The zero-order valence-corrected chi connectivity index (χ0v) is 8.88. The van der Waals surface area contributed by atoms with Crippen molar-refractivity contribution >= 4 is 5.91 Å². The third kappa shape index (κ3) is 2.08. The molecule has 0 radical (unpaired) electrons. The minimum absolute atomic E-state index is 0.101. The second-order valence-electron chi connectivity index (χ2n) is 4.67. The van der Waals surface area contributed by atoms with Crippen LogP contribution in [0.15, 0.2) is 0 Å². The van der Waals surface area contributed by atoms with Crippen LogP contribution < -0.4 is 10.6 Å². The van der Waals surface area contributed by atoms with Gasteiger partial charge in [-0.3, -0.25) is 4.79 Å². The van der Waals surface area contributed by atoms with Crippen LogP contribution in [0, 0.1) is 5.92 Å². The van der Waals surface area contributed by atoms with Gasteiger partial charge in [-0.15, -0.1) is 0 Å². The van der Waals surface area contributed by atoms with Crippen molar-refractivity contribution in [2.75, 3.05) is 6.54 Å². The number of nitrogens with one attached hydrogen (secondary N) is 2. The smallest absolute Gasteiger partial charge is 0.237 e. The fraction of sp³-hybridized carbons (Fsp3) is 0.909. The van der Waals surface area contributed by atoms with Crippen molar-refractivity contribution in [1.82, 2.24) is 10.6 Å². The lowest BCUT2D eigenvalue weighted by molar-refractivity contribution is -0.126. The SMILES string of the molecule is CC1CCCCC1NC(=O)[C@H]1CCN1. The highest BCUT2D eigenvalue weighted by Gasteiger charge is 2.29. The molecule has 0 aromatic heterocycles. The van der Waals surface area contributed by atoms with Gasteiger partial charge in [0.1, 0.15) is 0 Å². The van der Waals surface area contributed by atoms with E-state index in [4.69, 9.17) is 0 Å². The molecule has 1 saturated heterocycles. The molecule has 3 atom stereocenters. The van der Waals surface area contributed by atoms with Gasteiger partial charge in [-0.2, -0.15) is 0 Å². The van der Waals surface area contributed by atoms with E-state index in [9.17, 15) is 4.79 Å². The molecule has 0 spiro atoms. The minimum atomic E-state index is 0.101. The zero-order chi connectivity index (χ0) is 9.97. The predicted octanol–water partition coefficient (Wildman–Crippen LogP) is 1.04. The molecule has 3 nitrogen and oxygen atoms in total. The molecule has 2 N–H and O–H groups in total. The first kappa shape index (κ1) is 9.97. The molecule has 1 saturated carbocycles. The van der Waals surface area contributed by atoms with Crippen molar-refractivity contribution in [2.24, 2.45) is 5.92 Å². The van der Waals surface area contributed by atoms with Gasteiger partial charge >= 0.3 is 0 Å². The van der Waals surface area contributed by atoms with E-state index in [1.807, 2.05) is 0 Å². The van der Waals surface area contributed by atoms with Crippen molar-refractivity contribution in [1.29, 1.82) is 0 Å². The highest BCUT2D eigenvalue weighted by Crippen LogP contribution is 2.23. The monoisotopic (exact) mass is 196 g/mol. The summed E-state index contributed by atoms with van der Waals surface area (Å²) in [5, 5.41) is 6.31. The van der Waals surface area contributed by atoms with Crippen molar-refractivity contribution < 1.29 is 4.79 Å². The van der Waals surface area contributed by atoms with Gasteiger partial charge in [0, 0.05) is 6.04 Å². The molecule has 0 aromatic carbocycles. The van der Waals surface area contributed by atoms with Crippen molar-refractivity contribution in [3.8, 4) is 0 Å². The predicted molar refractivity (Wildman–Crippen MR) is 56.0 cm³/mol. The lowest BCUT2D eigenvalue weighted by Gasteiger charge is -2.33. The first-order valence-corrected chi connectivity index (χ1v) is 5.81. The van der Waals surface area contributed by atoms with E-state index < -0.39 is 0 Å². The third-order valence-corrected chi connectivity index (χ3v) is 3.58. The van der Waals surface area contributed by atoms with E-state index in [1.54, 1.807) is 0 Å². The molecule has 2 unspecified atom stereocenters. The first-order valence-electron chi connectivity index (χ1n) is 5.81. The topological polar surface area (TPSA) is 41.1 Å². The summed E-state index contributed by atoms with van der Waals surface area (Å²) in [6.45, 7) is 3.25. The standard InChI is InChI=1S/C11H20N2O/c1-8-4-2-3-5-9(8)13-11(14)10-6-7-12-10/h8-10,12H,2-7H2,1H3,(H,13,14)/t8?,9?,10-/m1/s1. The molecule has 3 heteroatoms. The summed E-state index contributed by atoms with van der Waals surface area (Å²) in [6.07, 6.45) is 6.04. The van der Waals surface area contributed by atoms with Crippen molar-refractivity contribution in [3.63, 3.8) is 0 Å². The van der Waals surface area contributed by atoms with Crippen LogP contribution in [0.25, 0.3) is 0 Å². The van der Waals surface area contributed by atoms with E-state index in [1.165, 1.54) is 25.7 Å². The average Bonchev–Trinajstić information content (AvgIpc) is 2.05. The van der Waals surface area contributed by atoms with E-state index in [-0.39, 0.29) is 11.9 Å². The van der Waals surface area contributed by atoms with E-state index in [0.717, 1.165) is 13.0 Å². The number of hydrogen-bond donors (Lipinski definition) is 2. The van der Waals surface area contributed by atoms with Gasteiger partial charge in [0.05, 0.1) is 6.04 Å². The van der Waals surface area contributed by atoms with Gasteiger partial charge in [-0.05, 0) is 31.7 Å². The quantitative estimate of drug-likeness (QED) is 0.693. The maximum Gasteiger partial charge on any atom is 0.237 e. The van der Waals surface area contributed by atoms with Crippen LogP contribution in [-0.2, 0) is 4.79 Å². The lowest BCUT2D eigenvalue weighted by atomic mass is 9.85. The summed E-state index contributed by atoms with van der Waals surface area (Å²) in [5.74, 6) is 0.878.